The summed E-state index contributed by atoms with van der Waals surface area (Å²) in [5, 5.41) is 4.23. The first-order valence-corrected chi connectivity index (χ1v) is 14.9. The first kappa shape index (κ1) is 26.7. The van der Waals surface area contributed by atoms with Crippen LogP contribution in [-0.2, 0) is 27.5 Å². The number of aromatic nitrogens is 4. The minimum absolute atomic E-state index is 0.235. The maximum atomic E-state index is 12.7. The van der Waals surface area contributed by atoms with Crippen LogP contribution in [0, 0.1) is 6.92 Å². The van der Waals surface area contributed by atoms with Gasteiger partial charge in [0.25, 0.3) is 0 Å². The summed E-state index contributed by atoms with van der Waals surface area (Å²) in [7, 11) is 1.92. The first-order chi connectivity index (χ1) is 20.0. The number of hydrogen-bond donors (Lipinski definition) is 0. The van der Waals surface area contributed by atoms with Gasteiger partial charge in [-0.05, 0) is 95.2 Å². The lowest BCUT2D eigenvalue weighted by Gasteiger charge is -2.19. The van der Waals surface area contributed by atoms with Crippen molar-refractivity contribution in [1.82, 2.24) is 19.3 Å². The van der Waals surface area contributed by atoms with Gasteiger partial charge in [0, 0.05) is 48.5 Å². The fourth-order valence-electron chi connectivity index (χ4n) is 6.42. The lowest BCUT2D eigenvalue weighted by atomic mass is 9.85. The Morgan fingerprint density at radius 3 is 1.83 bits per heavy atom. The number of imidazole rings is 1. The van der Waals surface area contributed by atoms with Crippen molar-refractivity contribution in [3.63, 3.8) is 0 Å². The molecule has 8 nitrogen and oxygen atoms in total. The van der Waals surface area contributed by atoms with E-state index in [1.807, 2.05) is 81.0 Å². The van der Waals surface area contributed by atoms with E-state index in [-0.39, 0.29) is 11.8 Å². The van der Waals surface area contributed by atoms with E-state index >= 15 is 0 Å². The molecule has 0 saturated heterocycles. The van der Waals surface area contributed by atoms with Gasteiger partial charge in [0.05, 0.1) is 34.7 Å². The summed E-state index contributed by atoms with van der Waals surface area (Å²) in [6.07, 6.45) is 12.2. The van der Waals surface area contributed by atoms with Crippen LogP contribution < -0.4 is 9.80 Å². The van der Waals surface area contributed by atoms with Crippen molar-refractivity contribution < 1.29 is 9.59 Å². The molecule has 2 aliphatic heterocycles. The number of benzene rings is 2. The van der Waals surface area contributed by atoms with E-state index in [1.54, 1.807) is 4.68 Å². The lowest BCUT2D eigenvalue weighted by molar-refractivity contribution is -0.122. The molecule has 2 aromatic carbocycles. The summed E-state index contributed by atoms with van der Waals surface area (Å²) < 4.78 is 3.81. The van der Waals surface area contributed by atoms with Gasteiger partial charge in [-0.3, -0.25) is 14.3 Å². The highest BCUT2D eigenvalue weighted by Crippen LogP contribution is 2.48. The molecule has 2 fully saturated rings. The SMILES string of the molecule is Cc1cn(-c2ccc3c(c2)N(C2CC2)C(=O)C3(C)C)cn1.Cn1cc(-c2ccc3c(c2)N(C2CC2)C(=O)C3(C)C)cn1. The van der Waals surface area contributed by atoms with Gasteiger partial charge in [-0.15, -0.1) is 0 Å². The van der Waals surface area contributed by atoms with Crippen LogP contribution in [0.3, 0.4) is 0 Å². The first-order valence-electron chi connectivity index (χ1n) is 14.9. The van der Waals surface area contributed by atoms with Crippen molar-refractivity contribution in [3.8, 4) is 16.8 Å². The van der Waals surface area contributed by atoms with Crippen LogP contribution in [0.5, 0.6) is 0 Å². The average molecular weight is 563 g/mol. The number of carbonyl (C=O) groups is 2. The second-order valence-electron chi connectivity index (χ2n) is 13.3. The molecule has 0 N–H and O–H groups in total. The van der Waals surface area contributed by atoms with Gasteiger partial charge >= 0.3 is 0 Å². The van der Waals surface area contributed by atoms with Crippen molar-refractivity contribution in [1.29, 1.82) is 0 Å². The summed E-state index contributed by atoms with van der Waals surface area (Å²) in [6, 6.07) is 13.5. The summed E-state index contributed by atoms with van der Waals surface area (Å²) in [5.74, 6) is 0.474. The van der Waals surface area contributed by atoms with Crippen molar-refractivity contribution in [3.05, 3.63) is 78.1 Å². The fraction of sp³-hybridized carbons (Fsp3) is 0.412. The summed E-state index contributed by atoms with van der Waals surface area (Å²) in [5.41, 5.74) is 7.90. The van der Waals surface area contributed by atoms with E-state index in [9.17, 15) is 9.59 Å². The van der Waals surface area contributed by atoms with Gasteiger partial charge < -0.3 is 14.4 Å². The van der Waals surface area contributed by atoms with Crippen molar-refractivity contribution in [2.45, 2.75) is 83.2 Å². The number of aryl methyl sites for hydroxylation is 2. The van der Waals surface area contributed by atoms with Crippen LogP contribution in [0.1, 0.15) is 70.2 Å². The predicted octanol–water partition coefficient (Wildman–Crippen LogP) is 5.84. The minimum atomic E-state index is -0.415. The molecule has 0 radical (unpaired) electrons. The van der Waals surface area contributed by atoms with E-state index in [4.69, 9.17) is 0 Å². The zero-order valence-electron chi connectivity index (χ0n) is 25.3. The summed E-state index contributed by atoms with van der Waals surface area (Å²) in [4.78, 5) is 33.8. The van der Waals surface area contributed by atoms with Crippen LogP contribution in [0.25, 0.3) is 16.8 Å². The molecule has 8 rings (SSSR count). The van der Waals surface area contributed by atoms with Crippen molar-refractivity contribution >= 4 is 23.2 Å². The van der Waals surface area contributed by atoms with Gasteiger partial charge in [0.2, 0.25) is 11.8 Å². The quantitative estimate of drug-likeness (QED) is 0.313. The van der Waals surface area contributed by atoms with Gasteiger partial charge in [-0.25, -0.2) is 4.98 Å². The number of nitrogens with zero attached hydrogens (tertiary/aromatic N) is 6. The Kier molecular flexibility index (Phi) is 5.81. The number of rotatable bonds is 4. The van der Waals surface area contributed by atoms with Crippen LogP contribution in [0.4, 0.5) is 11.4 Å². The Balaban J connectivity index is 0.000000137. The highest BCUT2D eigenvalue weighted by atomic mass is 16.2. The molecule has 42 heavy (non-hydrogen) atoms. The smallest absolute Gasteiger partial charge is 0.237 e. The number of fused-ring (bicyclic) bond motifs is 2. The molecular weight excluding hydrogens is 524 g/mol. The second kappa shape index (κ2) is 9.15. The standard InChI is InChI=1S/2C17H19N3O/c1-17(2)14-7-4-11(12-9-18-19(3)10-12)8-15(14)20(16(17)21)13-5-6-13;1-11-9-19(10-18-11)13-6-7-14-15(8-13)20(12-4-5-12)16(21)17(14,2)3/h4,7-10,13H,5-6H2,1-3H3;6-10,12H,4-5H2,1-3H3. The van der Waals surface area contributed by atoms with Gasteiger partial charge in [0.15, 0.2) is 0 Å². The van der Waals surface area contributed by atoms with E-state index in [0.29, 0.717) is 12.1 Å². The number of amides is 2. The zero-order valence-corrected chi connectivity index (χ0v) is 25.3. The monoisotopic (exact) mass is 562 g/mol. The van der Waals surface area contributed by atoms with Crippen molar-refractivity contribution in [2.75, 3.05) is 9.80 Å². The molecule has 8 heteroatoms. The number of hydrogen-bond acceptors (Lipinski definition) is 4. The molecule has 2 aliphatic carbocycles. The third-order valence-corrected chi connectivity index (χ3v) is 9.22. The molecule has 4 heterocycles. The number of anilines is 2. The largest absolute Gasteiger partial charge is 0.308 e. The molecule has 0 spiro atoms. The van der Waals surface area contributed by atoms with Crippen LogP contribution in [0.2, 0.25) is 0 Å². The summed E-state index contributed by atoms with van der Waals surface area (Å²) in [6.45, 7) is 10.1. The van der Waals surface area contributed by atoms with Crippen LogP contribution in [0.15, 0.2) is 61.3 Å². The molecule has 4 aliphatic rings. The van der Waals surface area contributed by atoms with Crippen molar-refractivity contribution in [2.24, 2.45) is 7.05 Å². The molecular formula is C34H38N6O2. The zero-order chi connectivity index (χ0) is 29.6. The lowest BCUT2D eigenvalue weighted by Crippen LogP contribution is -2.37. The molecule has 4 aromatic rings. The van der Waals surface area contributed by atoms with Gasteiger partial charge in [0.1, 0.15) is 0 Å². The Morgan fingerprint density at radius 1 is 0.762 bits per heavy atom. The highest BCUT2D eigenvalue weighted by molar-refractivity contribution is 6.09. The summed E-state index contributed by atoms with van der Waals surface area (Å²) >= 11 is 0. The van der Waals surface area contributed by atoms with E-state index in [2.05, 4.69) is 46.5 Å². The second-order valence-corrected chi connectivity index (χ2v) is 13.3. The van der Waals surface area contributed by atoms with E-state index in [1.165, 1.54) is 0 Å². The highest BCUT2D eigenvalue weighted by Gasteiger charge is 2.50. The molecule has 2 aromatic heterocycles. The molecule has 2 saturated carbocycles. The Labute approximate surface area is 247 Å². The third kappa shape index (κ3) is 4.18. The van der Waals surface area contributed by atoms with Gasteiger partial charge in [-0.1, -0.05) is 18.2 Å². The third-order valence-electron chi connectivity index (χ3n) is 9.22. The molecule has 216 valence electrons. The van der Waals surface area contributed by atoms with E-state index < -0.39 is 10.8 Å². The topological polar surface area (TPSA) is 76.3 Å². The number of carbonyl (C=O) groups excluding carboxylic acids is 2. The average Bonchev–Trinajstić information content (AvgIpc) is 3.86. The maximum absolute atomic E-state index is 12.7. The van der Waals surface area contributed by atoms with Crippen LogP contribution >= 0.6 is 0 Å². The maximum Gasteiger partial charge on any atom is 0.237 e. The van der Waals surface area contributed by atoms with Gasteiger partial charge in [-0.2, -0.15) is 5.10 Å². The van der Waals surface area contributed by atoms with E-state index in [0.717, 1.165) is 70.7 Å². The Morgan fingerprint density at radius 2 is 1.33 bits per heavy atom. The fourth-order valence-corrected chi connectivity index (χ4v) is 6.42. The molecule has 0 unspecified atom stereocenters. The normalized spacial score (nSPS) is 20.0. The molecule has 0 bridgehead atoms. The minimum Gasteiger partial charge on any atom is -0.308 e. The molecule has 0 atom stereocenters. The predicted molar refractivity (Wildman–Crippen MR) is 164 cm³/mol. The molecule has 2 amide bonds. The Bertz CT molecular complexity index is 1610. The Hall–Kier alpha value is -4.20. The van der Waals surface area contributed by atoms with Crippen LogP contribution in [-0.4, -0.2) is 43.2 Å².